The van der Waals surface area contributed by atoms with Crippen LogP contribution in [-0.2, 0) is 6.54 Å². The van der Waals surface area contributed by atoms with E-state index < -0.39 is 0 Å². The largest absolute Gasteiger partial charge is 0.330 e. The van der Waals surface area contributed by atoms with Gasteiger partial charge in [0.25, 0.3) is 0 Å². The van der Waals surface area contributed by atoms with E-state index in [2.05, 4.69) is 18.0 Å². The molecule has 2 unspecified atom stereocenters. The Morgan fingerprint density at radius 1 is 1.56 bits per heavy atom. The van der Waals surface area contributed by atoms with Gasteiger partial charge in [0, 0.05) is 22.8 Å². The molecule has 0 amide bonds. The smallest absolute Gasteiger partial charge is 0.0516 e. The van der Waals surface area contributed by atoms with Crippen LogP contribution >= 0.6 is 22.9 Å². The molecule has 0 radical (unpaired) electrons. The number of halogens is 1. The van der Waals surface area contributed by atoms with Gasteiger partial charge in [0.1, 0.15) is 0 Å². The molecule has 0 saturated heterocycles. The number of rotatable bonds is 4. The van der Waals surface area contributed by atoms with Crippen LogP contribution in [0.2, 0.25) is 5.02 Å². The van der Waals surface area contributed by atoms with E-state index in [9.17, 15) is 0 Å². The summed E-state index contributed by atoms with van der Waals surface area (Å²) < 4.78 is 0. The van der Waals surface area contributed by atoms with Gasteiger partial charge in [-0.15, -0.1) is 11.3 Å². The Morgan fingerprint density at radius 3 is 3.00 bits per heavy atom. The second-order valence-electron chi connectivity index (χ2n) is 4.64. The van der Waals surface area contributed by atoms with Crippen LogP contribution in [0.15, 0.2) is 11.4 Å². The molecule has 1 saturated carbocycles. The number of hydrogen-bond donors (Lipinski definition) is 1. The highest BCUT2D eigenvalue weighted by atomic mass is 35.5. The molecule has 4 heteroatoms. The van der Waals surface area contributed by atoms with Gasteiger partial charge in [-0.25, -0.2) is 0 Å². The van der Waals surface area contributed by atoms with Crippen LogP contribution in [0, 0.1) is 5.92 Å². The molecule has 1 heterocycles. The fourth-order valence-corrected chi connectivity index (χ4v) is 3.81. The quantitative estimate of drug-likeness (QED) is 0.900. The normalized spacial score (nSPS) is 25.5. The highest BCUT2D eigenvalue weighted by Crippen LogP contribution is 2.30. The first-order valence-corrected chi connectivity index (χ1v) is 7.09. The van der Waals surface area contributed by atoms with E-state index in [1.54, 1.807) is 11.3 Å². The summed E-state index contributed by atoms with van der Waals surface area (Å²) in [5, 5.41) is 2.86. The van der Waals surface area contributed by atoms with Gasteiger partial charge in [-0.3, -0.25) is 4.90 Å². The van der Waals surface area contributed by atoms with Crippen molar-refractivity contribution in [3.8, 4) is 0 Å². The summed E-state index contributed by atoms with van der Waals surface area (Å²) >= 11 is 7.67. The topological polar surface area (TPSA) is 29.3 Å². The third-order valence-electron chi connectivity index (χ3n) is 3.51. The molecule has 90 valence electrons. The minimum absolute atomic E-state index is 0.658. The maximum absolute atomic E-state index is 5.93. The predicted octanol–water partition coefficient (Wildman–Crippen LogP) is 2.96. The summed E-state index contributed by atoms with van der Waals surface area (Å²) in [6.07, 6.45) is 3.90. The number of hydrogen-bond acceptors (Lipinski definition) is 3. The number of nitrogens with zero attached hydrogens (tertiary/aromatic N) is 1. The molecule has 2 N–H and O–H groups in total. The number of nitrogens with two attached hydrogens (primary N) is 1. The molecule has 1 aromatic rings. The molecule has 2 nitrogen and oxygen atoms in total. The van der Waals surface area contributed by atoms with Gasteiger partial charge in [0.15, 0.2) is 0 Å². The first-order chi connectivity index (χ1) is 7.70. The summed E-state index contributed by atoms with van der Waals surface area (Å²) in [5.41, 5.74) is 5.81. The molecule has 1 aliphatic rings. The van der Waals surface area contributed by atoms with Crippen LogP contribution < -0.4 is 5.73 Å². The van der Waals surface area contributed by atoms with Crippen LogP contribution in [0.3, 0.4) is 0 Å². The fourth-order valence-electron chi connectivity index (χ4n) is 2.67. The fraction of sp³-hybridized carbons (Fsp3) is 0.667. The molecule has 1 aliphatic carbocycles. The van der Waals surface area contributed by atoms with E-state index in [-0.39, 0.29) is 0 Å². The molecule has 0 aliphatic heterocycles. The summed E-state index contributed by atoms with van der Waals surface area (Å²) in [4.78, 5) is 3.78. The lowest BCUT2D eigenvalue weighted by atomic mass is 10.0. The lowest BCUT2D eigenvalue weighted by Crippen LogP contribution is -2.37. The Hall–Kier alpha value is -0.0900. The highest BCUT2D eigenvalue weighted by Gasteiger charge is 2.29. The minimum Gasteiger partial charge on any atom is -0.330 e. The Labute approximate surface area is 106 Å². The van der Waals surface area contributed by atoms with E-state index in [1.807, 2.05) is 5.38 Å². The molecule has 0 spiro atoms. The van der Waals surface area contributed by atoms with Crippen molar-refractivity contribution in [2.24, 2.45) is 11.7 Å². The molecule has 2 rings (SSSR count). The van der Waals surface area contributed by atoms with Crippen molar-refractivity contribution in [2.45, 2.75) is 31.8 Å². The third-order valence-corrected chi connectivity index (χ3v) is 4.78. The van der Waals surface area contributed by atoms with Crippen molar-refractivity contribution in [1.29, 1.82) is 0 Å². The highest BCUT2D eigenvalue weighted by molar-refractivity contribution is 7.10. The Kier molecular flexibility index (Phi) is 4.25. The zero-order valence-electron chi connectivity index (χ0n) is 9.66. The van der Waals surface area contributed by atoms with E-state index in [1.165, 1.54) is 24.1 Å². The minimum atomic E-state index is 0.658. The lowest BCUT2D eigenvalue weighted by molar-refractivity contribution is 0.194. The Balaban J connectivity index is 1.94. The molecule has 0 aromatic carbocycles. The summed E-state index contributed by atoms with van der Waals surface area (Å²) in [6, 6.07) is 2.72. The van der Waals surface area contributed by atoms with Gasteiger partial charge < -0.3 is 5.73 Å². The average molecular weight is 259 g/mol. The van der Waals surface area contributed by atoms with Gasteiger partial charge in [-0.2, -0.15) is 0 Å². The monoisotopic (exact) mass is 258 g/mol. The van der Waals surface area contributed by atoms with Gasteiger partial charge in [0.2, 0.25) is 0 Å². The van der Waals surface area contributed by atoms with E-state index in [0.29, 0.717) is 12.0 Å². The first-order valence-electron chi connectivity index (χ1n) is 5.84. The van der Waals surface area contributed by atoms with Gasteiger partial charge >= 0.3 is 0 Å². The zero-order valence-corrected chi connectivity index (χ0v) is 11.2. The average Bonchev–Trinajstić information content (AvgIpc) is 2.86. The molecule has 1 aromatic heterocycles. The maximum Gasteiger partial charge on any atom is 0.0516 e. The summed E-state index contributed by atoms with van der Waals surface area (Å²) in [7, 11) is 2.20. The maximum atomic E-state index is 5.93. The van der Waals surface area contributed by atoms with Crippen molar-refractivity contribution < 1.29 is 0 Å². The van der Waals surface area contributed by atoms with Crippen LogP contribution in [-0.4, -0.2) is 24.5 Å². The van der Waals surface area contributed by atoms with E-state index in [4.69, 9.17) is 17.3 Å². The standard InChI is InChI=1S/C12H19ClN2S/c1-15(7-11-5-10(13)8-16-11)12-4-2-3-9(12)6-14/h5,8-9,12H,2-4,6-7,14H2,1H3. The van der Waals surface area contributed by atoms with Gasteiger partial charge in [-0.1, -0.05) is 18.0 Å². The predicted molar refractivity (Wildman–Crippen MR) is 71.0 cm³/mol. The van der Waals surface area contributed by atoms with Crippen molar-refractivity contribution in [1.82, 2.24) is 4.90 Å². The van der Waals surface area contributed by atoms with E-state index in [0.717, 1.165) is 18.1 Å². The molecule has 0 bridgehead atoms. The lowest BCUT2D eigenvalue weighted by Gasteiger charge is -2.28. The van der Waals surface area contributed by atoms with Gasteiger partial charge in [-0.05, 0) is 38.4 Å². The Bertz CT molecular complexity index is 340. The van der Waals surface area contributed by atoms with Crippen LogP contribution in [0.4, 0.5) is 0 Å². The van der Waals surface area contributed by atoms with Crippen molar-refractivity contribution in [3.05, 3.63) is 21.3 Å². The van der Waals surface area contributed by atoms with E-state index >= 15 is 0 Å². The SMILES string of the molecule is CN(Cc1cc(Cl)cs1)C1CCCC1CN. The molecule has 1 fully saturated rings. The van der Waals surface area contributed by atoms with Crippen LogP contribution in [0.5, 0.6) is 0 Å². The van der Waals surface area contributed by atoms with Gasteiger partial charge in [0.05, 0.1) is 5.02 Å². The zero-order chi connectivity index (χ0) is 11.5. The Morgan fingerprint density at radius 2 is 2.38 bits per heavy atom. The molecule has 16 heavy (non-hydrogen) atoms. The third kappa shape index (κ3) is 2.77. The second kappa shape index (κ2) is 5.50. The molecule has 2 atom stereocenters. The molecular weight excluding hydrogens is 240 g/mol. The van der Waals surface area contributed by atoms with Crippen molar-refractivity contribution >= 4 is 22.9 Å². The summed E-state index contributed by atoms with van der Waals surface area (Å²) in [5.74, 6) is 0.681. The number of thiophene rings is 1. The van der Waals surface area contributed by atoms with Crippen molar-refractivity contribution in [3.63, 3.8) is 0 Å². The summed E-state index contributed by atoms with van der Waals surface area (Å²) in [6.45, 7) is 1.82. The van der Waals surface area contributed by atoms with Crippen LogP contribution in [0.25, 0.3) is 0 Å². The molecular formula is C12H19ClN2S. The first kappa shape index (κ1) is 12.4. The second-order valence-corrected chi connectivity index (χ2v) is 6.07. The van der Waals surface area contributed by atoms with Crippen LogP contribution in [0.1, 0.15) is 24.1 Å². The van der Waals surface area contributed by atoms with Crippen molar-refractivity contribution in [2.75, 3.05) is 13.6 Å².